The normalized spacial score (nSPS) is 18.7. The number of ketones is 1. The van der Waals surface area contributed by atoms with Gasteiger partial charge < -0.3 is 4.74 Å². The van der Waals surface area contributed by atoms with Crippen LogP contribution in [0.1, 0.15) is 52.4 Å². The van der Waals surface area contributed by atoms with Gasteiger partial charge in [-0.2, -0.15) is 4.89 Å². The van der Waals surface area contributed by atoms with Gasteiger partial charge in [-0.15, -0.1) is 0 Å². The van der Waals surface area contributed by atoms with Crippen LogP contribution in [-0.4, -0.2) is 17.0 Å². The third kappa shape index (κ3) is 2.42. The molecule has 0 heterocycles. The number of aryl methyl sites for hydroxylation is 1. The highest BCUT2D eigenvalue weighted by molar-refractivity contribution is 6.13. The second-order valence-electron chi connectivity index (χ2n) is 5.86. The molecule has 5 heteroatoms. The van der Waals surface area contributed by atoms with Crippen LogP contribution < -0.4 is 0 Å². The molecule has 0 aromatic heterocycles. The molecule has 0 aliphatic heterocycles. The van der Waals surface area contributed by atoms with E-state index in [-0.39, 0.29) is 12.2 Å². The van der Waals surface area contributed by atoms with Crippen molar-refractivity contribution in [2.45, 2.75) is 32.5 Å². The van der Waals surface area contributed by atoms with Crippen molar-refractivity contribution in [3.05, 3.63) is 70.3 Å². The Bertz CT molecular complexity index is 811. The minimum atomic E-state index is -1.83. The summed E-state index contributed by atoms with van der Waals surface area (Å²) >= 11 is 0. The number of fused-ring (bicyclic) bond motifs is 2. The molecule has 1 atom stereocenters. The molecule has 0 fully saturated rings. The van der Waals surface area contributed by atoms with Crippen molar-refractivity contribution in [3.63, 3.8) is 0 Å². The Morgan fingerprint density at radius 3 is 2.54 bits per heavy atom. The van der Waals surface area contributed by atoms with E-state index in [1.54, 1.807) is 42.5 Å². The van der Waals surface area contributed by atoms with Crippen LogP contribution in [0.25, 0.3) is 0 Å². The molecule has 2 aromatic rings. The van der Waals surface area contributed by atoms with Crippen molar-refractivity contribution in [1.29, 1.82) is 0 Å². The number of benzene rings is 2. The van der Waals surface area contributed by atoms with E-state index in [4.69, 9.17) is 9.62 Å². The second kappa shape index (κ2) is 6.19. The molecule has 5 nitrogen and oxygen atoms in total. The summed E-state index contributed by atoms with van der Waals surface area (Å²) in [6, 6.07) is 11.8. The monoisotopic (exact) mass is 326 g/mol. The molecule has 124 valence electrons. The first-order valence-corrected chi connectivity index (χ1v) is 7.83. The average Bonchev–Trinajstić information content (AvgIpc) is 2.59. The summed E-state index contributed by atoms with van der Waals surface area (Å²) in [7, 11) is 0. The fraction of sp³-hybridized carbons (Fsp3) is 0.263. The molecule has 0 amide bonds. The van der Waals surface area contributed by atoms with E-state index in [0.29, 0.717) is 28.7 Å². The molecule has 2 aromatic carbocycles. The lowest BCUT2D eigenvalue weighted by molar-refractivity contribution is -0.384. The molecule has 0 spiro atoms. The average molecular weight is 326 g/mol. The Labute approximate surface area is 139 Å². The third-order valence-electron chi connectivity index (χ3n) is 4.14. The first-order chi connectivity index (χ1) is 11.5. The number of esters is 1. The lowest BCUT2D eigenvalue weighted by Crippen LogP contribution is -2.41. The summed E-state index contributed by atoms with van der Waals surface area (Å²) in [6.07, 6.45) is 0.782. The van der Waals surface area contributed by atoms with Gasteiger partial charge in [-0.05, 0) is 19.4 Å². The molecular weight excluding hydrogens is 308 g/mol. The molecule has 1 aliphatic rings. The van der Waals surface area contributed by atoms with Gasteiger partial charge in [0.05, 0.1) is 0 Å². The van der Waals surface area contributed by atoms with Crippen LogP contribution in [0.3, 0.4) is 0 Å². The van der Waals surface area contributed by atoms with Crippen molar-refractivity contribution in [3.8, 4) is 0 Å². The zero-order valence-corrected chi connectivity index (χ0v) is 13.5. The van der Waals surface area contributed by atoms with Crippen LogP contribution >= 0.6 is 0 Å². The highest BCUT2D eigenvalue weighted by atomic mass is 17.1. The van der Waals surface area contributed by atoms with Gasteiger partial charge in [-0.1, -0.05) is 48.9 Å². The number of hydrogen-bond donors (Lipinski definition) is 1. The topological polar surface area (TPSA) is 72.8 Å². The van der Waals surface area contributed by atoms with Gasteiger partial charge in [0.2, 0.25) is 0 Å². The Morgan fingerprint density at radius 2 is 1.83 bits per heavy atom. The Morgan fingerprint density at radius 1 is 1.12 bits per heavy atom. The second-order valence-corrected chi connectivity index (χ2v) is 5.86. The number of carbonyl (C=O) groups excluding carboxylic acids is 2. The molecule has 1 unspecified atom stereocenters. The molecule has 24 heavy (non-hydrogen) atoms. The van der Waals surface area contributed by atoms with Crippen molar-refractivity contribution in [1.82, 2.24) is 0 Å². The van der Waals surface area contributed by atoms with E-state index < -0.39 is 11.8 Å². The highest BCUT2D eigenvalue weighted by Crippen LogP contribution is 2.43. The Hall–Kier alpha value is -2.50. The van der Waals surface area contributed by atoms with Crippen LogP contribution in [0, 0.1) is 6.92 Å². The minimum Gasteiger partial charge on any atom is -0.421 e. The van der Waals surface area contributed by atoms with E-state index >= 15 is 0 Å². The molecule has 0 bridgehead atoms. The molecule has 0 radical (unpaired) electrons. The van der Waals surface area contributed by atoms with Crippen LogP contribution in [0.2, 0.25) is 0 Å². The van der Waals surface area contributed by atoms with Gasteiger partial charge in [0.15, 0.2) is 5.78 Å². The smallest absolute Gasteiger partial charge is 0.308 e. The summed E-state index contributed by atoms with van der Waals surface area (Å²) in [5.74, 6) is -2.54. The fourth-order valence-electron chi connectivity index (χ4n) is 3.03. The van der Waals surface area contributed by atoms with Crippen molar-refractivity contribution >= 4 is 11.8 Å². The van der Waals surface area contributed by atoms with Crippen molar-refractivity contribution < 1.29 is 24.5 Å². The van der Waals surface area contributed by atoms with E-state index in [9.17, 15) is 14.8 Å². The predicted molar refractivity (Wildman–Crippen MR) is 86.5 cm³/mol. The lowest BCUT2D eigenvalue weighted by Gasteiger charge is -2.36. The van der Waals surface area contributed by atoms with Crippen LogP contribution in [0.4, 0.5) is 0 Å². The summed E-state index contributed by atoms with van der Waals surface area (Å²) in [5.41, 5.74) is 2.22. The van der Waals surface area contributed by atoms with E-state index in [0.717, 1.165) is 5.56 Å². The molecule has 1 N–H and O–H groups in total. The maximum atomic E-state index is 12.8. The van der Waals surface area contributed by atoms with E-state index in [1.807, 2.05) is 13.8 Å². The van der Waals surface area contributed by atoms with Crippen LogP contribution in [0.15, 0.2) is 42.5 Å². The summed E-state index contributed by atoms with van der Waals surface area (Å²) in [5, 5.41) is 9.72. The fourth-order valence-corrected chi connectivity index (χ4v) is 3.03. The minimum absolute atomic E-state index is 0.183. The Balaban J connectivity index is 2.26. The highest BCUT2D eigenvalue weighted by Gasteiger charge is 2.49. The van der Waals surface area contributed by atoms with Gasteiger partial charge in [0.25, 0.3) is 5.79 Å². The maximum Gasteiger partial charge on any atom is 0.308 e. The van der Waals surface area contributed by atoms with Crippen molar-refractivity contribution in [2.75, 3.05) is 0 Å². The van der Waals surface area contributed by atoms with Gasteiger partial charge in [-0.25, -0.2) is 5.26 Å². The van der Waals surface area contributed by atoms with Gasteiger partial charge in [-0.3, -0.25) is 9.59 Å². The van der Waals surface area contributed by atoms with E-state index in [1.165, 1.54) is 0 Å². The standard InChI is InChI=1S/C19H18O5/c1-3-6-17(20)23-19(24-22)15-8-5-4-7-13(15)18(21)14-11-12(2)9-10-16(14)19/h4-5,7-11,22H,3,6H2,1-2H3. The molecule has 0 saturated heterocycles. The zero-order valence-electron chi connectivity index (χ0n) is 13.5. The van der Waals surface area contributed by atoms with Crippen LogP contribution in [0.5, 0.6) is 0 Å². The first kappa shape index (κ1) is 16.4. The van der Waals surface area contributed by atoms with Crippen molar-refractivity contribution in [2.24, 2.45) is 0 Å². The molecule has 1 aliphatic carbocycles. The molecule has 3 rings (SSSR count). The van der Waals surface area contributed by atoms with E-state index in [2.05, 4.69) is 0 Å². The number of carbonyl (C=O) groups is 2. The number of ether oxygens (including phenoxy) is 1. The number of rotatable bonds is 4. The summed E-state index contributed by atoms with van der Waals surface area (Å²) < 4.78 is 5.55. The lowest BCUT2D eigenvalue weighted by atomic mass is 9.80. The molecular formula is C19H18O5. The third-order valence-corrected chi connectivity index (χ3v) is 4.14. The SMILES string of the molecule is CCCC(=O)OC1(OO)c2ccccc2C(=O)c2cc(C)ccc21. The first-order valence-electron chi connectivity index (χ1n) is 7.83. The Kier molecular flexibility index (Phi) is 4.22. The quantitative estimate of drug-likeness (QED) is 0.402. The van der Waals surface area contributed by atoms with Gasteiger partial charge >= 0.3 is 5.97 Å². The van der Waals surface area contributed by atoms with Gasteiger partial charge in [0, 0.05) is 28.7 Å². The number of hydrogen-bond acceptors (Lipinski definition) is 5. The van der Waals surface area contributed by atoms with Gasteiger partial charge in [0.1, 0.15) is 0 Å². The zero-order chi connectivity index (χ0) is 17.3. The largest absolute Gasteiger partial charge is 0.421 e. The summed E-state index contributed by atoms with van der Waals surface area (Å²) in [6.45, 7) is 3.71. The van der Waals surface area contributed by atoms with Crippen LogP contribution in [-0.2, 0) is 20.2 Å². The summed E-state index contributed by atoms with van der Waals surface area (Å²) in [4.78, 5) is 29.7. The molecule has 0 saturated carbocycles. The maximum absolute atomic E-state index is 12.8. The predicted octanol–water partition coefficient (Wildman–Crippen LogP) is 3.57.